The molecule has 2 atom stereocenters. The first kappa shape index (κ1) is 16.3. The van der Waals surface area contributed by atoms with Crippen molar-refractivity contribution in [3.05, 3.63) is 35.4 Å². The third kappa shape index (κ3) is 4.20. The Morgan fingerprint density at radius 1 is 1.38 bits per heavy atom. The molecule has 0 radical (unpaired) electrons. The summed E-state index contributed by atoms with van der Waals surface area (Å²) >= 11 is 0. The quantitative estimate of drug-likeness (QED) is 0.904. The Morgan fingerprint density at radius 3 is 2.71 bits per heavy atom. The van der Waals surface area contributed by atoms with Crippen LogP contribution < -0.4 is 5.32 Å². The Labute approximate surface area is 123 Å². The van der Waals surface area contributed by atoms with E-state index in [1.165, 1.54) is 12.1 Å². The van der Waals surface area contributed by atoms with E-state index in [1.54, 1.807) is 6.07 Å². The predicted octanol–water partition coefficient (Wildman–Crippen LogP) is 4.17. The summed E-state index contributed by atoms with van der Waals surface area (Å²) in [6.45, 7) is 7.50. The molecule has 118 valence electrons. The van der Waals surface area contributed by atoms with Gasteiger partial charge >= 0.3 is 6.18 Å². The summed E-state index contributed by atoms with van der Waals surface area (Å²) < 4.78 is 44.5. The third-order valence-electron chi connectivity index (χ3n) is 3.68. The van der Waals surface area contributed by atoms with E-state index in [9.17, 15) is 13.2 Å². The molecule has 2 nitrogen and oxygen atoms in total. The molecule has 2 unspecified atom stereocenters. The van der Waals surface area contributed by atoms with Gasteiger partial charge in [-0.2, -0.15) is 13.2 Å². The highest BCUT2D eigenvalue weighted by Gasteiger charge is 2.35. The molecule has 1 aliphatic rings. The van der Waals surface area contributed by atoms with Crippen molar-refractivity contribution >= 4 is 0 Å². The van der Waals surface area contributed by atoms with Gasteiger partial charge in [0.1, 0.15) is 0 Å². The van der Waals surface area contributed by atoms with Gasteiger partial charge in [-0.15, -0.1) is 0 Å². The van der Waals surface area contributed by atoms with Crippen LogP contribution in [0.4, 0.5) is 13.2 Å². The molecule has 1 aromatic carbocycles. The van der Waals surface area contributed by atoms with Gasteiger partial charge in [0, 0.05) is 13.1 Å². The molecule has 0 amide bonds. The van der Waals surface area contributed by atoms with E-state index >= 15 is 0 Å². The van der Waals surface area contributed by atoms with E-state index in [0.29, 0.717) is 18.0 Å². The molecule has 2 rings (SSSR count). The molecule has 1 aliphatic heterocycles. The van der Waals surface area contributed by atoms with Gasteiger partial charge in [-0.3, -0.25) is 0 Å². The largest absolute Gasteiger partial charge is 0.416 e. The molecular weight excluding hydrogens is 279 g/mol. The van der Waals surface area contributed by atoms with Gasteiger partial charge in [0.15, 0.2) is 0 Å². The van der Waals surface area contributed by atoms with E-state index in [4.69, 9.17) is 4.74 Å². The Balaban J connectivity index is 2.18. The van der Waals surface area contributed by atoms with E-state index in [1.807, 2.05) is 6.92 Å². The van der Waals surface area contributed by atoms with Gasteiger partial charge in [0.05, 0.1) is 17.3 Å². The van der Waals surface area contributed by atoms with Crippen molar-refractivity contribution in [2.45, 2.75) is 45.1 Å². The maximum absolute atomic E-state index is 12.8. The van der Waals surface area contributed by atoms with Gasteiger partial charge in [-0.1, -0.05) is 26.0 Å². The van der Waals surface area contributed by atoms with Crippen LogP contribution in [0.15, 0.2) is 24.3 Å². The number of hydrogen-bond acceptors (Lipinski definition) is 2. The van der Waals surface area contributed by atoms with E-state index in [2.05, 4.69) is 19.2 Å². The number of ether oxygens (including phenoxy) is 1. The van der Waals surface area contributed by atoms with Gasteiger partial charge in [0.25, 0.3) is 0 Å². The van der Waals surface area contributed by atoms with Gasteiger partial charge in [-0.25, -0.2) is 0 Å². The van der Waals surface area contributed by atoms with Crippen LogP contribution in [0.2, 0.25) is 0 Å². The Kier molecular flexibility index (Phi) is 4.63. The number of nitrogens with one attached hydrogen (secondary N) is 1. The first-order valence-corrected chi connectivity index (χ1v) is 7.25. The molecular formula is C16H22F3NO. The standard InChI is InChI=1S/C16H22F3NO/c1-11(2)8-15(3)10-20-9-14(21-15)12-5-4-6-13(7-12)16(17,18)19/h4-7,11,14,20H,8-10H2,1-3H3. The minimum absolute atomic E-state index is 0.342. The fraction of sp³-hybridized carbons (Fsp3) is 0.625. The van der Waals surface area contributed by atoms with Crippen LogP contribution in [-0.2, 0) is 10.9 Å². The highest BCUT2D eigenvalue weighted by molar-refractivity contribution is 5.28. The summed E-state index contributed by atoms with van der Waals surface area (Å²) in [4.78, 5) is 0. The van der Waals surface area contributed by atoms with Crippen LogP contribution in [0.3, 0.4) is 0 Å². The van der Waals surface area contributed by atoms with Crippen LogP contribution in [0.25, 0.3) is 0 Å². The highest BCUT2D eigenvalue weighted by Crippen LogP contribution is 2.35. The lowest BCUT2D eigenvalue weighted by Crippen LogP contribution is -2.49. The Hall–Kier alpha value is -1.07. The zero-order valence-electron chi connectivity index (χ0n) is 12.6. The van der Waals surface area contributed by atoms with Gasteiger partial charge in [0.2, 0.25) is 0 Å². The van der Waals surface area contributed by atoms with Crippen LogP contribution in [0.1, 0.15) is 44.4 Å². The average Bonchev–Trinajstić information content (AvgIpc) is 2.36. The lowest BCUT2D eigenvalue weighted by molar-refractivity contribution is -0.138. The van der Waals surface area contributed by atoms with Crippen molar-refractivity contribution in [3.8, 4) is 0 Å². The molecule has 5 heteroatoms. The number of morpholine rings is 1. The van der Waals surface area contributed by atoms with E-state index < -0.39 is 11.7 Å². The summed E-state index contributed by atoms with van der Waals surface area (Å²) in [5.74, 6) is 0.469. The Morgan fingerprint density at radius 2 is 2.10 bits per heavy atom. The van der Waals surface area contributed by atoms with E-state index in [-0.39, 0.29) is 11.7 Å². The molecule has 1 aromatic rings. The molecule has 1 fully saturated rings. The first-order chi connectivity index (χ1) is 9.70. The zero-order chi connectivity index (χ0) is 15.7. The summed E-state index contributed by atoms with van der Waals surface area (Å²) in [7, 11) is 0. The lowest BCUT2D eigenvalue weighted by atomic mass is 9.91. The molecule has 1 heterocycles. The van der Waals surface area contributed by atoms with Crippen molar-refractivity contribution in [1.29, 1.82) is 0 Å². The third-order valence-corrected chi connectivity index (χ3v) is 3.68. The van der Waals surface area contributed by atoms with Crippen molar-refractivity contribution in [2.24, 2.45) is 5.92 Å². The first-order valence-electron chi connectivity index (χ1n) is 7.25. The van der Waals surface area contributed by atoms with Crippen LogP contribution in [0, 0.1) is 5.92 Å². The smallest absolute Gasteiger partial charge is 0.365 e. The second-order valence-electron chi connectivity index (χ2n) is 6.41. The maximum Gasteiger partial charge on any atom is 0.416 e. The molecule has 1 N–H and O–H groups in total. The molecule has 0 spiro atoms. The second kappa shape index (κ2) is 5.97. The minimum atomic E-state index is -4.32. The zero-order valence-corrected chi connectivity index (χ0v) is 12.6. The SMILES string of the molecule is CC(C)CC1(C)CNCC(c2cccc(C(F)(F)F)c2)O1. The number of benzene rings is 1. The fourth-order valence-electron chi connectivity index (χ4n) is 2.98. The monoisotopic (exact) mass is 301 g/mol. The number of hydrogen-bond donors (Lipinski definition) is 1. The van der Waals surface area contributed by atoms with Crippen LogP contribution >= 0.6 is 0 Å². The van der Waals surface area contributed by atoms with Crippen molar-refractivity contribution in [1.82, 2.24) is 5.32 Å². The second-order valence-corrected chi connectivity index (χ2v) is 6.41. The maximum atomic E-state index is 12.8. The average molecular weight is 301 g/mol. The molecule has 0 bridgehead atoms. The predicted molar refractivity (Wildman–Crippen MR) is 76.0 cm³/mol. The fourth-order valence-corrected chi connectivity index (χ4v) is 2.98. The van der Waals surface area contributed by atoms with Crippen molar-refractivity contribution in [3.63, 3.8) is 0 Å². The van der Waals surface area contributed by atoms with Crippen molar-refractivity contribution in [2.75, 3.05) is 13.1 Å². The molecule has 0 aromatic heterocycles. The van der Waals surface area contributed by atoms with E-state index in [0.717, 1.165) is 19.0 Å². The lowest BCUT2D eigenvalue weighted by Gasteiger charge is -2.40. The molecule has 1 saturated heterocycles. The summed E-state index contributed by atoms with van der Waals surface area (Å²) in [6.07, 6.45) is -3.79. The number of halogens is 3. The van der Waals surface area contributed by atoms with Gasteiger partial charge in [-0.05, 0) is 37.0 Å². The highest BCUT2D eigenvalue weighted by atomic mass is 19.4. The molecule has 0 saturated carbocycles. The summed E-state index contributed by atoms with van der Waals surface area (Å²) in [5.41, 5.74) is -0.391. The number of alkyl halides is 3. The van der Waals surface area contributed by atoms with Gasteiger partial charge < -0.3 is 10.1 Å². The minimum Gasteiger partial charge on any atom is -0.365 e. The van der Waals surface area contributed by atoms with Crippen molar-refractivity contribution < 1.29 is 17.9 Å². The molecule has 0 aliphatic carbocycles. The number of rotatable bonds is 3. The topological polar surface area (TPSA) is 21.3 Å². The Bertz CT molecular complexity index is 487. The van der Waals surface area contributed by atoms with Crippen LogP contribution in [0.5, 0.6) is 0 Å². The summed E-state index contributed by atoms with van der Waals surface area (Å²) in [6, 6.07) is 5.42. The summed E-state index contributed by atoms with van der Waals surface area (Å²) in [5, 5.41) is 3.28. The van der Waals surface area contributed by atoms with Crippen LogP contribution in [-0.4, -0.2) is 18.7 Å². The molecule has 21 heavy (non-hydrogen) atoms. The normalized spacial score (nSPS) is 27.1.